The number of nitro benzene ring substituents is 1. The number of rotatable bonds is 6. The molecule has 0 aliphatic carbocycles. The first kappa shape index (κ1) is 22.8. The first-order valence-electron chi connectivity index (χ1n) is 10.1. The van der Waals surface area contributed by atoms with E-state index < -0.39 is 22.4 Å². The molecule has 172 valence electrons. The average molecular weight is 478 g/mol. The fourth-order valence-electron chi connectivity index (χ4n) is 3.42. The molecule has 0 bridgehead atoms. The topological polar surface area (TPSA) is 133 Å². The van der Waals surface area contributed by atoms with Gasteiger partial charge < -0.3 is 10.1 Å². The third-order valence-electron chi connectivity index (χ3n) is 4.94. The fourth-order valence-corrected chi connectivity index (χ4v) is 4.35. The third kappa shape index (κ3) is 4.16. The molecule has 4 rings (SSSR count). The standard InChI is InChI=1S/C23H18N4O6S/c1-3-33-23(30)19-16-12-34-21(24-20(28)15-9-4-5-10-17(15)27(31)32)18(16)22(29)26(25-19)14-8-6-7-13(2)11-14/h4-12H,3H2,1-2H3,(H,24,28). The van der Waals surface area contributed by atoms with Gasteiger partial charge in [-0.05, 0) is 37.6 Å². The number of carbonyl (C=O) groups excluding carboxylic acids is 2. The number of nitro groups is 1. The minimum absolute atomic E-state index is 0.0523. The van der Waals surface area contributed by atoms with Gasteiger partial charge in [-0.2, -0.15) is 9.78 Å². The lowest BCUT2D eigenvalue weighted by molar-refractivity contribution is -0.385. The van der Waals surface area contributed by atoms with Crippen LogP contribution >= 0.6 is 11.3 Å². The van der Waals surface area contributed by atoms with Gasteiger partial charge >= 0.3 is 5.97 Å². The number of ether oxygens (including phenoxy) is 1. The van der Waals surface area contributed by atoms with Crippen molar-refractivity contribution >= 4 is 44.7 Å². The zero-order valence-electron chi connectivity index (χ0n) is 18.1. The summed E-state index contributed by atoms with van der Waals surface area (Å²) in [6, 6.07) is 12.5. The van der Waals surface area contributed by atoms with E-state index in [1.54, 1.807) is 25.1 Å². The Bertz CT molecular complexity index is 1510. The number of fused-ring (bicyclic) bond motifs is 1. The van der Waals surface area contributed by atoms with E-state index in [-0.39, 0.29) is 39.3 Å². The van der Waals surface area contributed by atoms with Crippen LogP contribution in [0.4, 0.5) is 10.7 Å². The van der Waals surface area contributed by atoms with E-state index in [0.29, 0.717) is 5.69 Å². The van der Waals surface area contributed by atoms with Crippen molar-refractivity contribution in [3.05, 3.63) is 91.2 Å². The number of amides is 1. The summed E-state index contributed by atoms with van der Waals surface area (Å²) >= 11 is 1.01. The molecular weight excluding hydrogens is 460 g/mol. The molecule has 2 heterocycles. The molecule has 1 N–H and O–H groups in total. The molecule has 0 aliphatic heterocycles. The van der Waals surface area contributed by atoms with Crippen molar-refractivity contribution in [2.75, 3.05) is 11.9 Å². The zero-order valence-corrected chi connectivity index (χ0v) is 18.9. The number of thiophene rings is 1. The molecule has 4 aromatic rings. The number of hydrogen-bond donors (Lipinski definition) is 1. The van der Waals surface area contributed by atoms with Crippen LogP contribution in [0, 0.1) is 17.0 Å². The minimum atomic E-state index is -0.757. The number of benzene rings is 2. The molecule has 11 heteroatoms. The highest BCUT2D eigenvalue weighted by molar-refractivity contribution is 7.16. The number of aromatic nitrogens is 2. The molecule has 10 nitrogen and oxygen atoms in total. The molecule has 0 unspecified atom stereocenters. The number of esters is 1. The second kappa shape index (κ2) is 9.24. The van der Waals surface area contributed by atoms with Crippen molar-refractivity contribution in [3.8, 4) is 5.69 Å². The van der Waals surface area contributed by atoms with Crippen LogP contribution in [0.15, 0.2) is 58.7 Å². The Morgan fingerprint density at radius 2 is 1.97 bits per heavy atom. The Balaban J connectivity index is 1.90. The van der Waals surface area contributed by atoms with Crippen molar-refractivity contribution in [2.24, 2.45) is 0 Å². The maximum absolute atomic E-state index is 13.4. The molecule has 0 atom stereocenters. The van der Waals surface area contributed by atoms with Crippen LogP contribution in [-0.4, -0.2) is 33.2 Å². The third-order valence-corrected chi connectivity index (χ3v) is 5.84. The number of hydrogen-bond acceptors (Lipinski definition) is 8. The molecule has 0 aliphatic rings. The Morgan fingerprint density at radius 1 is 1.21 bits per heavy atom. The monoisotopic (exact) mass is 478 g/mol. The number of carbonyl (C=O) groups is 2. The van der Waals surface area contributed by atoms with Gasteiger partial charge in [0.15, 0.2) is 5.69 Å². The second-order valence-corrected chi connectivity index (χ2v) is 8.09. The van der Waals surface area contributed by atoms with Gasteiger partial charge in [0.25, 0.3) is 17.2 Å². The molecule has 0 spiro atoms. The fraction of sp³-hybridized carbons (Fsp3) is 0.130. The highest BCUT2D eigenvalue weighted by atomic mass is 32.1. The SMILES string of the molecule is CCOC(=O)c1nn(-c2cccc(C)c2)c(=O)c2c(NC(=O)c3ccccc3[N+](=O)[O-])scc12. The van der Waals surface area contributed by atoms with E-state index in [1.807, 2.05) is 13.0 Å². The number of nitrogens with zero attached hydrogens (tertiary/aromatic N) is 3. The van der Waals surface area contributed by atoms with Crippen LogP contribution in [-0.2, 0) is 4.74 Å². The van der Waals surface area contributed by atoms with Gasteiger partial charge in [0.2, 0.25) is 0 Å². The summed E-state index contributed by atoms with van der Waals surface area (Å²) in [7, 11) is 0. The van der Waals surface area contributed by atoms with E-state index in [4.69, 9.17) is 4.74 Å². The number of para-hydroxylation sites is 1. The van der Waals surface area contributed by atoms with Crippen LogP contribution in [0.5, 0.6) is 0 Å². The average Bonchev–Trinajstić information content (AvgIpc) is 3.23. The minimum Gasteiger partial charge on any atom is -0.461 e. The van der Waals surface area contributed by atoms with Crippen LogP contribution in [0.25, 0.3) is 16.5 Å². The predicted molar refractivity (Wildman–Crippen MR) is 127 cm³/mol. The van der Waals surface area contributed by atoms with Gasteiger partial charge in [0.05, 0.1) is 22.6 Å². The first-order chi connectivity index (χ1) is 16.3. The molecule has 2 aromatic heterocycles. The Kier molecular flexibility index (Phi) is 6.19. The summed E-state index contributed by atoms with van der Waals surface area (Å²) in [4.78, 5) is 49.6. The van der Waals surface area contributed by atoms with Gasteiger partial charge in [-0.1, -0.05) is 24.3 Å². The van der Waals surface area contributed by atoms with E-state index in [1.165, 1.54) is 29.6 Å². The summed E-state index contributed by atoms with van der Waals surface area (Å²) in [5.41, 5.74) is 0.131. The number of aryl methyl sites for hydroxylation is 1. The van der Waals surface area contributed by atoms with Gasteiger partial charge in [-0.25, -0.2) is 4.79 Å². The molecule has 34 heavy (non-hydrogen) atoms. The van der Waals surface area contributed by atoms with Crippen molar-refractivity contribution in [3.63, 3.8) is 0 Å². The lowest BCUT2D eigenvalue weighted by Gasteiger charge is -2.10. The Hall–Kier alpha value is -4.38. The molecule has 0 radical (unpaired) electrons. The summed E-state index contributed by atoms with van der Waals surface area (Å²) in [6.45, 7) is 3.61. The van der Waals surface area contributed by atoms with E-state index in [2.05, 4.69) is 10.4 Å². The highest BCUT2D eigenvalue weighted by Crippen LogP contribution is 2.31. The highest BCUT2D eigenvalue weighted by Gasteiger charge is 2.25. The predicted octanol–water partition coefficient (Wildman–Crippen LogP) is 4.09. The van der Waals surface area contributed by atoms with Gasteiger partial charge in [-0.3, -0.25) is 19.7 Å². The summed E-state index contributed by atoms with van der Waals surface area (Å²) in [5.74, 6) is -1.48. The molecule has 0 fully saturated rings. The van der Waals surface area contributed by atoms with E-state index in [9.17, 15) is 24.5 Å². The van der Waals surface area contributed by atoms with E-state index in [0.717, 1.165) is 21.6 Å². The quantitative estimate of drug-likeness (QED) is 0.251. The van der Waals surface area contributed by atoms with Crippen molar-refractivity contribution < 1.29 is 19.2 Å². The molecular formula is C23H18N4O6S. The van der Waals surface area contributed by atoms with Crippen LogP contribution in [0.2, 0.25) is 0 Å². The van der Waals surface area contributed by atoms with Crippen LogP contribution in [0.3, 0.4) is 0 Å². The molecule has 0 saturated carbocycles. The Labute approximate surface area is 196 Å². The zero-order chi connectivity index (χ0) is 24.4. The van der Waals surface area contributed by atoms with Gasteiger partial charge in [0.1, 0.15) is 10.6 Å². The normalized spacial score (nSPS) is 10.8. The maximum Gasteiger partial charge on any atom is 0.359 e. The lowest BCUT2D eigenvalue weighted by atomic mass is 10.1. The van der Waals surface area contributed by atoms with Crippen molar-refractivity contribution in [2.45, 2.75) is 13.8 Å². The number of anilines is 1. The smallest absolute Gasteiger partial charge is 0.359 e. The van der Waals surface area contributed by atoms with Crippen molar-refractivity contribution in [1.82, 2.24) is 9.78 Å². The van der Waals surface area contributed by atoms with Gasteiger partial charge in [0, 0.05) is 16.8 Å². The Morgan fingerprint density at radius 3 is 2.68 bits per heavy atom. The van der Waals surface area contributed by atoms with E-state index >= 15 is 0 Å². The van der Waals surface area contributed by atoms with Crippen molar-refractivity contribution in [1.29, 1.82) is 0 Å². The molecule has 2 aromatic carbocycles. The van der Waals surface area contributed by atoms with Crippen LogP contribution < -0.4 is 10.9 Å². The number of nitrogens with one attached hydrogen (secondary N) is 1. The first-order valence-corrected chi connectivity index (χ1v) is 11.0. The largest absolute Gasteiger partial charge is 0.461 e. The molecule has 0 saturated heterocycles. The molecule has 1 amide bonds. The summed E-state index contributed by atoms with van der Waals surface area (Å²) < 4.78 is 6.20. The van der Waals surface area contributed by atoms with Gasteiger partial charge in [-0.15, -0.1) is 11.3 Å². The lowest BCUT2D eigenvalue weighted by Crippen LogP contribution is -2.25. The summed E-state index contributed by atoms with van der Waals surface area (Å²) in [5, 5.41) is 20.1. The summed E-state index contributed by atoms with van der Waals surface area (Å²) in [6.07, 6.45) is 0. The second-order valence-electron chi connectivity index (χ2n) is 7.21. The maximum atomic E-state index is 13.4. The van der Waals surface area contributed by atoms with Crippen LogP contribution in [0.1, 0.15) is 33.3 Å².